The molecular weight excluding hydrogens is 376 g/mol. The molecular formula is C19H19F2NO4S. The number of benzene rings is 2. The van der Waals surface area contributed by atoms with E-state index in [4.69, 9.17) is 4.74 Å². The summed E-state index contributed by atoms with van der Waals surface area (Å²) in [6, 6.07) is 7.61. The van der Waals surface area contributed by atoms with E-state index < -0.39 is 32.3 Å². The quantitative estimate of drug-likeness (QED) is 0.594. The summed E-state index contributed by atoms with van der Waals surface area (Å²) in [4.78, 5) is 11.5. The van der Waals surface area contributed by atoms with Crippen LogP contribution in [0.1, 0.15) is 18.1 Å². The summed E-state index contributed by atoms with van der Waals surface area (Å²) in [7, 11) is -4.20. The van der Waals surface area contributed by atoms with Crippen LogP contribution in [0, 0.1) is 25.5 Å². The lowest BCUT2D eigenvalue weighted by Crippen LogP contribution is -2.18. The van der Waals surface area contributed by atoms with Crippen LogP contribution in [0.25, 0.3) is 0 Å². The van der Waals surface area contributed by atoms with Crippen molar-refractivity contribution in [1.29, 1.82) is 0 Å². The number of hydrogen-bond donors (Lipinski definition) is 1. The van der Waals surface area contributed by atoms with Crippen molar-refractivity contribution in [3.8, 4) is 0 Å². The van der Waals surface area contributed by atoms with Crippen LogP contribution >= 0.6 is 0 Å². The van der Waals surface area contributed by atoms with Crippen LogP contribution in [-0.2, 0) is 19.4 Å². The number of aryl methyl sites for hydroxylation is 2. The molecule has 0 fully saturated rings. The summed E-state index contributed by atoms with van der Waals surface area (Å²) < 4.78 is 57.1. The zero-order valence-electron chi connectivity index (χ0n) is 15.0. The van der Waals surface area contributed by atoms with Gasteiger partial charge in [0.1, 0.15) is 0 Å². The molecule has 8 heteroatoms. The minimum atomic E-state index is -4.20. The summed E-state index contributed by atoms with van der Waals surface area (Å²) >= 11 is 0. The summed E-state index contributed by atoms with van der Waals surface area (Å²) in [5, 5.41) is 2.51. The van der Waals surface area contributed by atoms with Gasteiger partial charge in [-0.2, -0.15) is 0 Å². The summed E-state index contributed by atoms with van der Waals surface area (Å²) in [5.41, 5.74) is 1.50. The number of ether oxygens (including phenoxy) is 1. The molecule has 144 valence electrons. The number of esters is 1. The maximum absolute atomic E-state index is 13.3. The average molecular weight is 395 g/mol. The smallest absolute Gasteiger partial charge is 0.351 e. The average Bonchev–Trinajstić information content (AvgIpc) is 2.57. The number of rotatable bonds is 6. The monoisotopic (exact) mass is 395 g/mol. The van der Waals surface area contributed by atoms with Crippen molar-refractivity contribution >= 4 is 21.5 Å². The van der Waals surface area contributed by atoms with E-state index in [1.165, 1.54) is 18.2 Å². The van der Waals surface area contributed by atoms with Crippen LogP contribution < -0.4 is 5.32 Å². The first-order valence-corrected chi connectivity index (χ1v) is 9.55. The van der Waals surface area contributed by atoms with Crippen LogP contribution in [0.15, 0.2) is 52.4 Å². The molecule has 5 nitrogen and oxygen atoms in total. The first kappa shape index (κ1) is 20.6. The largest absolute Gasteiger partial charge is 0.462 e. The lowest BCUT2D eigenvalue weighted by molar-refractivity contribution is -0.137. The Hall–Kier alpha value is -2.74. The first-order valence-electron chi connectivity index (χ1n) is 8.07. The molecule has 0 saturated heterocycles. The molecule has 0 amide bonds. The Bertz CT molecular complexity index is 981. The molecule has 0 spiro atoms. The second-order valence-corrected chi connectivity index (χ2v) is 7.75. The minimum absolute atomic E-state index is 0.0241. The van der Waals surface area contributed by atoms with E-state index in [2.05, 4.69) is 5.32 Å². The summed E-state index contributed by atoms with van der Waals surface area (Å²) in [6.45, 7) is 4.99. The van der Waals surface area contributed by atoms with Crippen molar-refractivity contribution in [1.82, 2.24) is 0 Å². The predicted octanol–water partition coefficient (Wildman–Crippen LogP) is 3.87. The van der Waals surface area contributed by atoms with Gasteiger partial charge in [-0.3, -0.25) is 0 Å². The molecule has 0 aliphatic heterocycles. The second kappa shape index (κ2) is 8.30. The number of halogens is 2. The van der Waals surface area contributed by atoms with E-state index in [0.717, 1.165) is 18.3 Å². The highest BCUT2D eigenvalue weighted by Crippen LogP contribution is 2.23. The maximum atomic E-state index is 13.3. The summed E-state index contributed by atoms with van der Waals surface area (Å²) in [5.74, 6) is -3.20. The third-order valence-corrected chi connectivity index (χ3v) is 5.28. The van der Waals surface area contributed by atoms with Crippen LogP contribution in [0.3, 0.4) is 0 Å². The molecule has 0 bridgehead atoms. The zero-order chi connectivity index (χ0) is 20.2. The molecule has 2 aromatic rings. The normalized spacial score (nSPS) is 12.0. The van der Waals surface area contributed by atoms with E-state index in [-0.39, 0.29) is 17.2 Å². The van der Waals surface area contributed by atoms with Gasteiger partial charge in [0.25, 0.3) is 0 Å². The van der Waals surface area contributed by atoms with E-state index in [9.17, 15) is 22.0 Å². The molecule has 0 aliphatic carbocycles. The molecule has 0 saturated carbocycles. The lowest BCUT2D eigenvalue weighted by atomic mass is 10.2. The van der Waals surface area contributed by atoms with Gasteiger partial charge in [-0.05, 0) is 56.2 Å². The number of carbonyl (C=O) groups is 1. The minimum Gasteiger partial charge on any atom is -0.462 e. The molecule has 0 aromatic heterocycles. The van der Waals surface area contributed by atoms with Gasteiger partial charge in [0.2, 0.25) is 9.84 Å². The van der Waals surface area contributed by atoms with Gasteiger partial charge in [-0.25, -0.2) is 22.0 Å². The van der Waals surface area contributed by atoms with Crippen LogP contribution in [0.4, 0.5) is 14.5 Å². The highest BCUT2D eigenvalue weighted by atomic mass is 32.2. The standard InChI is InChI=1S/C19H19F2NO4S/c1-4-26-19(23)18(11-22-14-5-6-16(20)17(21)10-14)27(24,25)15-8-12(2)7-13(3)9-15/h5-11,22H,4H2,1-3H3. The van der Waals surface area contributed by atoms with Crippen molar-refractivity contribution in [2.45, 2.75) is 25.7 Å². The Kier molecular flexibility index (Phi) is 6.32. The third kappa shape index (κ3) is 4.91. The first-order chi connectivity index (χ1) is 12.6. The van der Waals surface area contributed by atoms with Crippen LogP contribution in [0.2, 0.25) is 0 Å². The predicted molar refractivity (Wildman–Crippen MR) is 97.8 cm³/mol. The van der Waals surface area contributed by atoms with E-state index >= 15 is 0 Å². The molecule has 0 aliphatic rings. The molecule has 0 radical (unpaired) electrons. The molecule has 27 heavy (non-hydrogen) atoms. The molecule has 2 aromatic carbocycles. The van der Waals surface area contributed by atoms with Gasteiger partial charge < -0.3 is 10.1 Å². The third-order valence-electron chi connectivity index (χ3n) is 3.56. The summed E-state index contributed by atoms with van der Waals surface area (Å²) in [6.07, 6.45) is 0.914. The van der Waals surface area contributed by atoms with Crippen molar-refractivity contribution < 1.29 is 26.7 Å². The SMILES string of the molecule is CCOC(=O)C(=CNc1ccc(F)c(F)c1)S(=O)(=O)c1cc(C)cc(C)c1. The van der Waals surface area contributed by atoms with E-state index in [1.807, 2.05) is 0 Å². The number of hydrogen-bond acceptors (Lipinski definition) is 5. The topological polar surface area (TPSA) is 72.5 Å². The van der Waals surface area contributed by atoms with Crippen molar-refractivity contribution in [2.75, 3.05) is 11.9 Å². The van der Waals surface area contributed by atoms with Crippen LogP contribution in [-0.4, -0.2) is 21.0 Å². The van der Waals surface area contributed by atoms with Gasteiger partial charge in [0, 0.05) is 18.0 Å². The lowest BCUT2D eigenvalue weighted by Gasteiger charge is -2.11. The van der Waals surface area contributed by atoms with Gasteiger partial charge in [-0.1, -0.05) is 6.07 Å². The maximum Gasteiger partial charge on any atom is 0.351 e. The Balaban J connectivity index is 2.49. The molecule has 2 rings (SSSR count). The van der Waals surface area contributed by atoms with Gasteiger partial charge in [0.15, 0.2) is 16.5 Å². The highest BCUT2D eigenvalue weighted by molar-refractivity contribution is 7.96. The van der Waals surface area contributed by atoms with E-state index in [0.29, 0.717) is 11.1 Å². The molecule has 0 unspecified atom stereocenters. The molecule has 1 N–H and O–H groups in total. The van der Waals surface area contributed by atoms with Gasteiger partial charge in [0.05, 0.1) is 11.5 Å². The van der Waals surface area contributed by atoms with Gasteiger partial charge >= 0.3 is 5.97 Å². The fourth-order valence-electron chi connectivity index (χ4n) is 2.40. The number of anilines is 1. The molecule has 0 atom stereocenters. The number of sulfone groups is 1. The highest BCUT2D eigenvalue weighted by Gasteiger charge is 2.29. The fraction of sp³-hybridized carbons (Fsp3) is 0.211. The van der Waals surface area contributed by atoms with Crippen molar-refractivity contribution in [3.05, 3.63) is 70.3 Å². The number of carbonyl (C=O) groups excluding carboxylic acids is 1. The van der Waals surface area contributed by atoms with Gasteiger partial charge in [-0.15, -0.1) is 0 Å². The van der Waals surface area contributed by atoms with Crippen molar-refractivity contribution in [2.24, 2.45) is 0 Å². The molecule has 0 heterocycles. The van der Waals surface area contributed by atoms with E-state index in [1.54, 1.807) is 26.8 Å². The fourth-order valence-corrected chi connectivity index (χ4v) is 3.83. The zero-order valence-corrected chi connectivity index (χ0v) is 15.9. The Morgan fingerprint density at radius 1 is 1.07 bits per heavy atom. The van der Waals surface area contributed by atoms with Crippen LogP contribution in [0.5, 0.6) is 0 Å². The van der Waals surface area contributed by atoms with Crippen molar-refractivity contribution in [3.63, 3.8) is 0 Å². The Labute approximate surface area is 156 Å². The Morgan fingerprint density at radius 2 is 1.70 bits per heavy atom. The number of nitrogens with one attached hydrogen (secondary N) is 1. The Morgan fingerprint density at radius 3 is 2.26 bits per heavy atom. The second-order valence-electron chi connectivity index (χ2n) is 5.83.